The summed E-state index contributed by atoms with van der Waals surface area (Å²) in [5, 5.41) is 14.0. The predicted octanol–water partition coefficient (Wildman–Crippen LogP) is 3.05. The topological polar surface area (TPSA) is 49.3 Å². The van der Waals surface area contributed by atoms with Crippen LogP contribution in [-0.4, -0.2) is 23.7 Å². The summed E-state index contributed by atoms with van der Waals surface area (Å²) in [5.41, 5.74) is 0. The standard InChI is InChI=1S/C13H18BrNO2S/c1-9(5-10(2)16)7-15-13(17)4-3-12-6-11(14)8-18-12/h3-4,6,8-10,16H,5,7H2,1-2H3,(H,15,17). The summed E-state index contributed by atoms with van der Waals surface area (Å²) >= 11 is 4.94. The monoisotopic (exact) mass is 331 g/mol. The summed E-state index contributed by atoms with van der Waals surface area (Å²) in [6, 6.07) is 1.96. The average Bonchev–Trinajstić information content (AvgIpc) is 2.69. The molecule has 5 heteroatoms. The molecule has 0 fully saturated rings. The van der Waals surface area contributed by atoms with Gasteiger partial charge in [0.15, 0.2) is 0 Å². The second-order valence-corrected chi connectivity index (χ2v) is 6.29. The molecular formula is C13H18BrNO2S. The molecule has 0 spiro atoms. The number of hydrogen-bond donors (Lipinski definition) is 2. The summed E-state index contributed by atoms with van der Waals surface area (Å²) in [5.74, 6) is 0.176. The van der Waals surface area contributed by atoms with Crippen LogP contribution in [0.4, 0.5) is 0 Å². The molecule has 0 saturated heterocycles. The summed E-state index contributed by atoms with van der Waals surface area (Å²) in [6.07, 6.45) is 3.70. The Hall–Kier alpha value is -0.650. The highest BCUT2D eigenvalue weighted by Gasteiger charge is 2.06. The molecule has 2 unspecified atom stereocenters. The van der Waals surface area contributed by atoms with Crippen molar-refractivity contribution in [3.63, 3.8) is 0 Å². The maximum absolute atomic E-state index is 11.5. The highest BCUT2D eigenvalue weighted by atomic mass is 79.9. The van der Waals surface area contributed by atoms with Crippen LogP contribution in [0.3, 0.4) is 0 Å². The van der Waals surface area contributed by atoms with Crippen LogP contribution < -0.4 is 5.32 Å². The second kappa shape index (κ2) is 7.71. The third-order valence-corrected chi connectivity index (χ3v) is 4.01. The summed E-state index contributed by atoms with van der Waals surface area (Å²) < 4.78 is 1.03. The molecule has 3 nitrogen and oxygen atoms in total. The van der Waals surface area contributed by atoms with Crippen molar-refractivity contribution < 1.29 is 9.90 Å². The van der Waals surface area contributed by atoms with Gasteiger partial charge in [0.05, 0.1) is 6.10 Å². The molecule has 0 radical (unpaired) electrons. The summed E-state index contributed by atoms with van der Waals surface area (Å²) in [4.78, 5) is 12.6. The quantitative estimate of drug-likeness (QED) is 0.787. The number of halogens is 1. The van der Waals surface area contributed by atoms with Gasteiger partial charge in [0.25, 0.3) is 0 Å². The zero-order valence-electron chi connectivity index (χ0n) is 10.5. The minimum absolute atomic E-state index is 0.100. The van der Waals surface area contributed by atoms with Gasteiger partial charge in [-0.15, -0.1) is 11.3 Å². The third-order valence-electron chi connectivity index (χ3n) is 2.35. The van der Waals surface area contributed by atoms with Gasteiger partial charge in [0.1, 0.15) is 0 Å². The number of aliphatic hydroxyl groups excluding tert-OH is 1. The molecule has 1 amide bonds. The lowest BCUT2D eigenvalue weighted by Gasteiger charge is -2.13. The van der Waals surface area contributed by atoms with E-state index in [4.69, 9.17) is 0 Å². The lowest BCUT2D eigenvalue weighted by molar-refractivity contribution is -0.116. The van der Waals surface area contributed by atoms with Crippen molar-refractivity contribution in [2.45, 2.75) is 26.4 Å². The van der Waals surface area contributed by atoms with Crippen molar-refractivity contribution in [1.82, 2.24) is 5.32 Å². The third kappa shape index (κ3) is 6.33. The van der Waals surface area contributed by atoms with E-state index < -0.39 is 0 Å². The minimum Gasteiger partial charge on any atom is -0.393 e. The fraction of sp³-hybridized carbons (Fsp3) is 0.462. The molecule has 1 aromatic heterocycles. The molecule has 0 aromatic carbocycles. The number of carbonyl (C=O) groups excluding carboxylic acids is 1. The normalized spacial score (nSPS) is 14.7. The van der Waals surface area contributed by atoms with Crippen LogP contribution in [0, 0.1) is 5.92 Å². The highest BCUT2D eigenvalue weighted by molar-refractivity contribution is 9.10. The number of hydrogen-bond acceptors (Lipinski definition) is 3. The van der Waals surface area contributed by atoms with Gasteiger partial charge < -0.3 is 10.4 Å². The van der Waals surface area contributed by atoms with Crippen molar-refractivity contribution >= 4 is 39.2 Å². The number of carbonyl (C=O) groups is 1. The Balaban J connectivity index is 2.31. The molecule has 0 aliphatic rings. The Morgan fingerprint density at radius 1 is 1.61 bits per heavy atom. The Morgan fingerprint density at radius 2 is 2.33 bits per heavy atom. The lowest BCUT2D eigenvalue weighted by atomic mass is 10.0. The second-order valence-electron chi connectivity index (χ2n) is 4.44. The fourth-order valence-corrected chi connectivity index (χ4v) is 2.91. The first-order chi connectivity index (χ1) is 8.47. The molecule has 18 heavy (non-hydrogen) atoms. The lowest BCUT2D eigenvalue weighted by Crippen LogP contribution is -2.27. The summed E-state index contributed by atoms with van der Waals surface area (Å²) in [6.45, 7) is 4.35. The van der Waals surface area contributed by atoms with Crippen LogP contribution in [-0.2, 0) is 4.79 Å². The van der Waals surface area contributed by atoms with E-state index in [0.29, 0.717) is 13.0 Å². The van der Waals surface area contributed by atoms with Gasteiger partial charge in [0.2, 0.25) is 5.91 Å². The summed E-state index contributed by atoms with van der Waals surface area (Å²) in [7, 11) is 0. The Kier molecular flexibility index (Phi) is 6.60. The molecule has 0 aliphatic carbocycles. The first-order valence-electron chi connectivity index (χ1n) is 5.85. The van der Waals surface area contributed by atoms with Gasteiger partial charge >= 0.3 is 0 Å². The van der Waals surface area contributed by atoms with Gasteiger partial charge in [-0.3, -0.25) is 4.79 Å². The van der Waals surface area contributed by atoms with Crippen LogP contribution in [0.2, 0.25) is 0 Å². The molecule has 100 valence electrons. The molecule has 2 N–H and O–H groups in total. The number of amides is 1. The Bertz CT molecular complexity index is 415. The highest BCUT2D eigenvalue weighted by Crippen LogP contribution is 2.20. The Morgan fingerprint density at radius 3 is 2.89 bits per heavy atom. The van der Waals surface area contributed by atoms with E-state index in [9.17, 15) is 9.90 Å². The zero-order chi connectivity index (χ0) is 13.5. The Labute approximate surface area is 120 Å². The molecule has 2 atom stereocenters. The SMILES string of the molecule is CC(O)CC(C)CNC(=O)C=Cc1cc(Br)cs1. The van der Waals surface area contributed by atoms with Crippen molar-refractivity contribution in [3.05, 3.63) is 26.9 Å². The van der Waals surface area contributed by atoms with E-state index in [0.717, 1.165) is 9.35 Å². The molecule has 0 saturated carbocycles. The van der Waals surface area contributed by atoms with Crippen LogP contribution in [0.5, 0.6) is 0 Å². The van der Waals surface area contributed by atoms with Crippen molar-refractivity contribution in [2.75, 3.05) is 6.54 Å². The number of rotatable bonds is 6. The fourth-order valence-electron chi connectivity index (χ4n) is 1.57. The van der Waals surface area contributed by atoms with Crippen LogP contribution in [0.1, 0.15) is 25.1 Å². The smallest absolute Gasteiger partial charge is 0.244 e. The van der Waals surface area contributed by atoms with E-state index in [1.807, 2.05) is 18.4 Å². The molecule has 1 aromatic rings. The van der Waals surface area contributed by atoms with E-state index in [1.54, 1.807) is 24.3 Å². The van der Waals surface area contributed by atoms with E-state index in [2.05, 4.69) is 21.2 Å². The van der Waals surface area contributed by atoms with Crippen LogP contribution >= 0.6 is 27.3 Å². The first kappa shape index (κ1) is 15.4. The van der Waals surface area contributed by atoms with Gasteiger partial charge in [-0.2, -0.15) is 0 Å². The predicted molar refractivity (Wildman–Crippen MR) is 79.5 cm³/mol. The maximum Gasteiger partial charge on any atom is 0.244 e. The molecule has 1 rings (SSSR count). The van der Waals surface area contributed by atoms with Gasteiger partial charge in [-0.25, -0.2) is 0 Å². The van der Waals surface area contributed by atoms with Gasteiger partial charge in [0, 0.05) is 27.4 Å². The zero-order valence-corrected chi connectivity index (χ0v) is 12.9. The number of thiophene rings is 1. The molecule has 1 heterocycles. The largest absolute Gasteiger partial charge is 0.393 e. The van der Waals surface area contributed by atoms with Crippen molar-refractivity contribution in [2.24, 2.45) is 5.92 Å². The van der Waals surface area contributed by atoms with Gasteiger partial charge in [-0.1, -0.05) is 6.92 Å². The molecule has 0 aliphatic heterocycles. The van der Waals surface area contributed by atoms with Gasteiger partial charge in [-0.05, 0) is 47.3 Å². The first-order valence-corrected chi connectivity index (χ1v) is 7.52. The van der Waals surface area contributed by atoms with Crippen LogP contribution in [0.15, 0.2) is 22.0 Å². The van der Waals surface area contributed by atoms with Crippen molar-refractivity contribution in [3.8, 4) is 0 Å². The van der Waals surface area contributed by atoms with E-state index >= 15 is 0 Å². The number of nitrogens with one attached hydrogen (secondary N) is 1. The maximum atomic E-state index is 11.5. The average molecular weight is 332 g/mol. The number of aliphatic hydroxyl groups is 1. The van der Waals surface area contributed by atoms with E-state index in [1.165, 1.54) is 6.08 Å². The minimum atomic E-state index is -0.323. The molecular weight excluding hydrogens is 314 g/mol. The van der Waals surface area contributed by atoms with E-state index in [-0.39, 0.29) is 17.9 Å². The molecule has 0 bridgehead atoms. The van der Waals surface area contributed by atoms with Crippen LogP contribution in [0.25, 0.3) is 6.08 Å². The van der Waals surface area contributed by atoms with Crippen molar-refractivity contribution in [1.29, 1.82) is 0 Å².